The van der Waals surface area contributed by atoms with Gasteiger partial charge in [0.25, 0.3) is 0 Å². The molecule has 0 heterocycles. The van der Waals surface area contributed by atoms with Crippen LogP contribution in [-0.4, -0.2) is 11.6 Å². The third kappa shape index (κ3) is 2.87. The molecule has 0 spiro atoms. The number of rotatable bonds is 3. The Balaban J connectivity index is 2.10. The average Bonchev–Trinajstić information content (AvgIpc) is 2.35. The summed E-state index contributed by atoms with van der Waals surface area (Å²) in [5.41, 5.74) is 1.26. The Kier molecular flexibility index (Phi) is 3.95. The van der Waals surface area contributed by atoms with Crippen molar-refractivity contribution >= 4 is 11.6 Å². The zero-order chi connectivity index (χ0) is 13.1. The van der Waals surface area contributed by atoms with Gasteiger partial charge in [0.1, 0.15) is 11.6 Å². The van der Waals surface area contributed by atoms with Crippen LogP contribution in [0.2, 0.25) is 0 Å². The molecule has 0 saturated heterocycles. The molecule has 0 bridgehead atoms. The fourth-order valence-corrected chi connectivity index (χ4v) is 2.83. The van der Waals surface area contributed by atoms with Gasteiger partial charge < -0.3 is 0 Å². The summed E-state index contributed by atoms with van der Waals surface area (Å²) in [7, 11) is 0. The summed E-state index contributed by atoms with van der Waals surface area (Å²) in [6, 6.07) is 10.2. The molecule has 2 nitrogen and oxygen atoms in total. The van der Waals surface area contributed by atoms with Crippen LogP contribution < -0.4 is 0 Å². The molecule has 1 aliphatic rings. The number of ketones is 2. The van der Waals surface area contributed by atoms with Gasteiger partial charge in [-0.1, -0.05) is 37.3 Å². The largest absolute Gasteiger partial charge is 0.300 e. The fraction of sp³-hybridized carbons (Fsp3) is 0.500. The van der Waals surface area contributed by atoms with E-state index in [1.807, 2.05) is 25.1 Å². The summed E-state index contributed by atoms with van der Waals surface area (Å²) in [6.07, 6.45) is 2.20. The van der Waals surface area contributed by atoms with E-state index in [1.165, 1.54) is 5.56 Å². The molecule has 18 heavy (non-hydrogen) atoms. The van der Waals surface area contributed by atoms with E-state index >= 15 is 0 Å². The van der Waals surface area contributed by atoms with E-state index in [0.717, 1.165) is 12.8 Å². The normalized spacial score (nSPS) is 28.1. The van der Waals surface area contributed by atoms with Crippen molar-refractivity contribution in [2.75, 3.05) is 0 Å². The van der Waals surface area contributed by atoms with Crippen molar-refractivity contribution in [2.45, 2.75) is 33.1 Å². The minimum Gasteiger partial charge on any atom is -0.300 e. The SMILES string of the molecule is CC(=O)[C@@H]1CC(=O)[C@H](C)[C@@H](Cc2ccccc2)C1. The maximum atomic E-state index is 12.0. The number of hydrogen-bond acceptors (Lipinski definition) is 2. The zero-order valence-electron chi connectivity index (χ0n) is 11.1. The lowest BCUT2D eigenvalue weighted by atomic mass is 9.71. The van der Waals surface area contributed by atoms with E-state index in [2.05, 4.69) is 12.1 Å². The van der Waals surface area contributed by atoms with Crippen LogP contribution in [0.15, 0.2) is 30.3 Å². The Hall–Kier alpha value is -1.44. The molecule has 0 aromatic heterocycles. The number of carbonyl (C=O) groups excluding carboxylic acids is 2. The van der Waals surface area contributed by atoms with Gasteiger partial charge in [-0.25, -0.2) is 0 Å². The van der Waals surface area contributed by atoms with Crippen molar-refractivity contribution in [1.82, 2.24) is 0 Å². The Bertz CT molecular complexity index is 436. The van der Waals surface area contributed by atoms with Gasteiger partial charge in [-0.2, -0.15) is 0 Å². The van der Waals surface area contributed by atoms with Crippen molar-refractivity contribution in [2.24, 2.45) is 17.8 Å². The molecule has 1 aromatic rings. The molecule has 0 N–H and O–H groups in total. The van der Waals surface area contributed by atoms with Crippen LogP contribution in [0.5, 0.6) is 0 Å². The first-order valence-corrected chi connectivity index (χ1v) is 6.65. The predicted molar refractivity (Wildman–Crippen MR) is 71.2 cm³/mol. The van der Waals surface area contributed by atoms with Gasteiger partial charge in [0, 0.05) is 18.3 Å². The van der Waals surface area contributed by atoms with Crippen molar-refractivity contribution < 1.29 is 9.59 Å². The molecule has 1 saturated carbocycles. The molecule has 1 aliphatic carbocycles. The van der Waals surface area contributed by atoms with Crippen LogP contribution in [0.3, 0.4) is 0 Å². The minimum atomic E-state index is -0.0533. The van der Waals surface area contributed by atoms with Gasteiger partial charge in [-0.15, -0.1) is 0 Å². The first-order valence-electron chi connectivity index (χ1n) is 6.65. The number of carbonyl (C=O) groups is 2. The van der Waals surface area contributed by atoms with Crippen LogP contribution >= 0.6 is 0 Å². The van der Waals surface area contributed by atoms with E-state index in [1.54, 1.807) is 6.92 Å². The van der Waals surface area contributed by atoms with Gasteiger partial charge in [0.05, 0.1) is 0 Å². The molecule has 1 fully saturated rings. The second-order valence-electron chi connectivity index (χ2n) is 5.45. The molecule has 0 aliphatic heterocycles. The number of Topliss-reactive ketones (excluding diaryl/α,β-unsaturated/α-hetero) is 2. The summed E-state index contributed by atoms with van der Waals surface area (Å²) in [5.74, 6) is 0.751. The Labute approximate surface area is 108 Å². The van der Waals surface area contributed by atoms with Crippen LogP contribution in [0, 0.1) is 17.8 Å². The molecular weight excluding hydrogens is 224 g/mol. The summed E-state index contributed by atoms with van der Waals surface area (Å²) in [6.45, 7) is 3.61. The second kappa shape index (κ2) is 5.47. The first-order chi connectivity index (χ1) is 8.58. The second-order valence-corrected chi connectivity index (χ2v) is 5.45. The molecular formula is C16H20O2. The van der Waals surface area contributed by atoms with Gasteiger partial charge >= 0.3 is 0 Å². The van der Waals surface area contributed by atoms with Gasteiger partial charge in [-0.3, -0.25) is 9.59 Å². The molecule has 0 unspecified atom stereocenters. The lowest BCUT2D eigenvalue weighted by molar-refractivity contribution is -0.133. The Morgan fingerprint density at radius 2 is 1.94 bits per heavy atom. The minimum absolute atomic E-state index is 0.0533. The third-order valence-corrected chi connectivity index (χ3v) is 4.17. The molecule has 0 radical (unpaired) electrons. The van der Waals surface area contributed by atoms with E-state index in [9.17, 15) is 9.59 Å². The predicted octanol–water partition coefficient (Wildman–Crippen LogP) is 3.05. The summed E-state index contributed by atoms with van der Waals surface area (Å²) in [4.78, 5) is 23.5. The topological polar surface area (TPSA) is 34.1 Å². The van der Waals surface area contributed by atoms with Crippen molar-refractivity contribution in [3.05, 3.63) is 35.9 Å². The molecule has 1 aromatic carbocycles. The number of benzene rings is 1. The molecule has 0 amide bonds. The van der Waals surface area contributed by atoms with E-state index in [0.29, 0.717) is 12.3 Å². The van der Waals surface area contributed by atoms with Crippen molar-refractivity contribution in [1.29, 1.82) is 0 Å². The van der Waals surface area contributed by atoms with Crippen LogP contribution in [0.25, 0.3) is 0 Å². The molecule has 3 atom stereocenters. The maximum Gasteiger partial charge on any atom is 0.136 e. The Morgan fingerprint density at radius 1 is 1.28 bits per heavy atom. The van der Waals surface area contributed by atoms with Crippen molar-refractivity contribution in [3.63, 3.8) is 0 Å². The highest BCUT2D eigenvalue weighted by Gasteiger charge is 2.35. The summed E-state index contributed by atoms with van der Waals surface area (Å²) >= 11 is 0. The fourth-order valence-electron chi connectivity index (χ4n) is 2.83. The van der Waals surface area contributed by atoms with Crippen LogP contribution in [-0.2, 0) is 16.0 Å². The monoisotopic (exact) mass is 244 g/mol. The zero-order valence-corrected chi connectivity index (χ0v) is 11.1. The number of hydrogen-bond donors (Lipinski definition) is 0. The molecule has 2 heteroatoms. The van der Waals surface area contributed by atoms with Gasteiger partial charge in [0.2, 0.25) is 0 Å². The average molecular weight is 244 g/mol. The van der Waals surface area contributed by atoms with Crippen molar-refractivity contribution in [3.8, 4) is 0 Å². The lowest BCUT2D eigenvalue weighted by Crippen LogP contribution is -2.35. The highest BCUT2D eigenvalue weighted by atomic mass is 16.1. The van der Waals surface area contributed by atoms with Crippen LogP contribution in [0.4, 0.5) is 0 Å². The maximum absolute atomic E-state index is 12.0. The quantitative estimate of drug-likeness (QED) is 0.819. The summed E-state index contributed by atoms with van der Waals surface area (Å²) in [5, 5.41) is 0. The van der Waals surface area contributed by atoms with Crippen LogP contribution in [0.1, 0.15) is 32.3 Å². The smallest absolute Gasteiger partial charge is 0.136 e. The van der Waals surface area contributed by atoms with Gasteiger partial charge in [-0.05, 0) is 31.2 Å². The van der Waals surface area contributed by atoms with E-state index in [-0.39, 0.29) is 23.4 Å². The van der Waals surface area contributed by atoms with Gasteiger partial charge in [0.15, 0.2) is 0 Å². The Morgan fingerprint density at radius 3 is 2.56 bits per heavy atom. The summed E-state index contributed by atoms with van der Waals surface area (Å²) < 4.78 is 0. The standard InChI is InChI=1S/C16H20O2/c1-11-14(8-13-6-4-3-5-7-13)9-15(12(2)17)10-16(11)18/h3-7,11,14-15H,8-10H2,1-2H3/t11-,14+,15+/m1/s1. The third-order valence-electron chi connectivity index (χ3n) is 4.17. The lowest BCUT2D eigenvalue weighted by Gasteiger charge is -2.32. The molecule has 96 valence electrons. The highest BCUT2D eigenvalue weighted by molar-refractivity contribution is 5.89. The molecule has 2 rings (SSSR count). The highest BCUT2D eigenvalue weighted by Crippen LogP contribution is 2.34. The first kappa shape index (κ1) is 13.0. The van der Waals surface area contributed by atoms with E-state index in [4.69, 9.17) is 0 Å². The van der Waals surface area contributed by atoms with E-state index < -0.39 is 0 Å².